The number of carbonyl (C=O) groups excluding carboxylic acids is 3. The van der Waals surface area contributed by atoms with Crippen molar-refractivity contribution in [2.24, 2.45) is 5.41 Å². The second-order valence-electron chi connectivity index (χ2n) is 9.95. The number of anilines is 1. The van der Waals surface area contributed by atoms with E-state index in [2.05, 4.69) is 15.4 Å². The van der Waals surface area contributed by atoms with E-state index in [4.69, 9.17) is 4.74 Å². The topological polar surface area (TPSA) is 103 Å². The monoisotopic (exact) mass is 464 g/mol. The van der Waals surface area contributed by atoms with E-state index in [0.29, 0.717) is 27.8 Å². The number of carbonyl (C=O) groups is 3. The van der Waals surface area contributed by atoms with Gasteiger partial charge in [-0.2, -0.15) is 5.10 Å². The molecule has 8 nitrogen and oxygen atoms in total. The standard InChI is InChI=1S/C26H32N4O4/c1-15(2)21-12-19(20-13-27-30(16(3)4)23(20)29-21)24(32)34-14-22(31)17-8-10-18(11-9-17)28-25(33)26(5,6)7/h8-13,15-16H,14H2,1-7H3,(H,28,33). The molecule has 0 fully saturated rings. The minimum atomic E-state index is -0.597. The van der Waals surface area contributed by atoms with Crippen molar-refractivity contribution in [3.8, 4) is 0 Å². The number of nitrogens with one attached hydrogen (secondary N) is 1. The molecule has 1 amide bonds. The molecule has 0 aliphatic heterocycles. The number of fused-ring (bicyclic) bond motifs is 1. The average Bonchev–Trinajstić information content (AvgIpc) is 3.20. The number of ketones is 1. The molecule has 180 valence electrons. The van der Waals surface area contributed by atoms with Gasteiger partial charge in [0.2, 0.25) is 5.91 Å². The summed E-state index contributed by atoms with van der Waals surface area (Å²) < 4.78 is 7.14. The number of esters is 1. The highest BCUT2D eigenvalue weighted by atomic mass is 16.5. The third kappa shape index (κ3) is 5.50. The molecule has 0 aliphatic carbocycles. The highest BCUT2D eigenvalue weighted by Gasteiger charge is 2.22. The molecule has 0 saturated heterocycles. The van der Waals surface area contributed by atoms with Crippen LogP contribution in [0.2, 0.25) is 0 Å². The SMILES string of the molecule is CC(C)c1cc(C(=O)OCC(=O)c2ccc(NC(=O)C(C)(C)C)cc2)c2cnn(C(C)C)c2n1. The number of rotatable bonds is 7. The minimum Gasteiger partial charge on any atom is -0.454 e. The molecule has 0 bridgehead atoms. The van der Waals surface area contributed by atoms with Gasteiger partial charge >= 0.3 is 5.97 Å². The van der Waals surface area contributed by atoms with Crippen LogP contribution in [0, 0.1) is 5.41 Å². The number of benzene rings is 1. The maximum Gasteiger partial charge on any atom is 0.339 e. The summed E-state index contributed by atoms with van der Waals surface area (Å²) in [6.45, 7) is 13.0. The lowest BCUT2D eigenvalue weighted by atomic mass is 9.95. The van der Waals surface area contributed by atoms with Crippen LogP contribution >= 0.6 is 0 Å². The van der Waals surface area contributed by atoms with Gasteiger partial charge < -0.3 is 10.1 Å². The Kier molecular flexibility index (Phi) is 7.19. The highest BCUT2D eigenvalue weighted by Crippen LogP contribution is 2.25. The number of hydrogen-bond donors (Lipinski definition) is 1. The summed E-state index contributed by atoms with van der Waals surface area (Å²) in [5.41, 5.74) is 2.16. The van der Waals surface area contributed by atoms with Crippen molar-refractivity contribution >= 4 is 34.4 Å². The number of hydrogen-bond acceptors (Lipinski definition) is 6. The molecule has 0 atom stereocenters. The Balaban J connectivity index is 1.74. The van der Waals surface area contributed by atoms with E-state index in [9.17, 15) is 14.4 Å². The van der Waals surface area contributed by atoms with Crippen molar-refractivity contribution in [3.63, 3.8) is 0 Å². The van der Waals surface area contributed by atoms with Crippen LogP contribution in [0.25, 0.3) is 11.0 Å². The Bertz CT molecular complexity index is 1220. The van der Waals surface area contributed by atoms with Crippen LogP contribution in [-0.2, 0) is 9.53 Å². The molecule has 0 radical (unpaired) electrons. The first kappa shape index (κ1) is 25.1. The second-order valence-corrected chi connectivity index (χ2v) is 9.95. The summed E-state index contributed by atoms with van der Waals surface area (Å²) in [5, 5.41) is 7.78. The predicted octanol–water partition coefficient (Wildman–Crippen LogP) is 5.16. The summed E-state index contributed by atoms with van der Waals surface area (Å²) in [5.74, 6) is -0.953. The van der Waals surface area contributed by atoms with Gasteiger partial charge in [-0.15, -0.1) is 0 Å². The normalized spacial score (nSPS) is 11.8. The first-order valence-electron chi connectivity index (χ1n) is 11.4. The third-order valence-electron chi connectivity index (χ3n) is 5.37. The largest absolute Gasteiger partial charge is 0.454 e. The third-order valence-corrected chi connectivity index (χ3v) is 5.37. The molecule has 0 aliphatic rings. The molecule has 34 heavy (non-hydrogen) atoms. The molecule has 1 N–H and O–H groups in total. The smallest absolute Gasteiger partial charge is 0.339 e. The van der Waals surface area contributed by atoms with Crippen LogP contribution in [0.4, 0.5) is 5.69 Å². The van der Waals surface area contributed by atoms with Gasteiger partial charge in [0.05, 0.1) is 17.1 Å². The van der Waals surface area contributed by atoms with E-state index < -0.39 is 18.0 Å². The van der Waals surface area contributed by atoms with Gasteiger partial charge in [-0.05, 0) is 50.1 Å². The van der Waals surface area contributed by atoms with Gasteiger partial charge in [0.25, 0.3) is 0 Å². The van der Waals surface area contributed by atoms with Crippen LogP contribution in [0.15, 0.2) is 36.5 Å². The second kappa shape index (κ2) is 9.75. The van der Waals surface area contributed by atoms with Crippen LogP contribution < -0.4 is 5.32 Å². The number of Topliss-reactive ketones (excluding diaryl/α,β-unsaturated/α-hetero) is 1. The lowest BCUT2D eigenvalue weighted by Gasteiger charge is -2.17. The summed E-state index contributed by atoms with van der Waals surface area (Å²) >= 11 is 0. The van der Waals surface area contributed by atoms with Gasteiger partial charge in [-0.1, -0.05) is 34.6 Å². The van der Waals surface area contributed by atoms with Crippen molar-refractivity contribution in [2.45, 2.75) is 60.4 Å². The van der Waals surface area contributed by atoms with Gasteiger partial charge in [-0.25, -0.2) is 14.5 Å². The zero-order valence-corrected chi connectivity index (χ0v) is 20.8. The fraction of sp³-hybridized carbons (Fsp3) is 0.423. The Morgan fingerprint density at radius 2 is 1.71 bits per heavy atom. The van der Waals surface area contributed by atoms with Crippen LogP contribution in [0.3, 0.4) is 0 Å². The van der Waals surface area contributed by atoms with Crippen LogP contribution in [0.1, 0.15) is 86.8 Å². The fourth-order valence-corrected chi connectivity index (χ4v) is 3.23. The van der Waals surface area contributed by atoms with E-state index in [1.54, 1.807) is 41.2 Å². The Labute approximate surface area is 199 Å². The quantitative estimate of drug-likeness (QED) is 0.383. The summed E-state index contributed by atoms with van der Waals surface area (Å²) in [6, 6.07) is 8.29. The number of nitrogens with zero attached hydrogens (tertiary/aromatic N) is 3. The van der Waals surface area contributed by atoms with E-state index in [1.807, 2.05) is 48.5 Å². The number of amides is 1. The zero-order valence-electron chi connectivity index (χ0n) is 20.8. The Hall–Kier alpha value is -3.55. The zero-order chi connectivity index (χ0) is 25.2. The number of ether oxygens (including phenoxy) is 1. The molecule has 1 aromatic carbocycles. The number of pyridine rings is 1. The first-order chi connectivity index (χ1) is 15.9. The fourth-order valence-electron chi connectivity index (χ4n) is 3.23. The minimum absolute atomic E-state index is 0.0778. The highest BCUT2D eigenvalue weighted by molar-refractivity contribution is 6.05. The van der Waals surface area contributed by atoms with Crippen molar-refractivity contribution in [3.05, 3.63) is 53.3 Å². The van der Waals surface area contributed by atoms with Crippen molar-refractivity contribution in [1.29, 1.82) is 0 Å². The molecule has 3 aromatic rings. The molecular weight excluding hydrogens is 432 g/mol. The van der Waals surface area contributed by atoms with E-state index >= 15 is 0 Å². The van der Waals surface area contributed by atoms with Gasteiger partial charge in [0, 0.05) is 28.4 Å². The predicted molar refractivity (Wildman–Crippen MR) is 131 cm³/mol. The van der Waals surface area contributed by atoms with E-state index in [-0.39, 0.29) is 23.7 Å². The molecular formula is C26H32N4O4. The van der Waals surface area contributed by atoms with Gasteiger partial charge in [0.15, 0.2) is 18.0 Å². The summed E-state index contributed by atoms with van der Waals surface area (Å²) in [7, 11) is 0. The average molecular weight is 465 g/mol. The maximum atomic E-state index is 12.9. The molecule has 2 heterocycles. The maximum absolute atomic E-state index is 12.9. The Morgan fingerprint density at radius 1 is 1.06 bits per heavy atom. The lowest BCUT2D eigenvalue weighted by Crippen LogP contribution is -2.27. The van der Waals surface area contributed by atoms with Crippen molar-refractivity contribution in [1.82, 2.24) is 14.8 Å². The molecule has 0 spiro atoms. The molecule has 0 unspecified atom stereocenters. The lowest BCUT2D eigenvalue weighted by molar-refractivity contribution is -0.123. The molecule has 8 heteroatoms. The van der Waals surface area contributed by atoms with Crippen LogP contribution in [-0.4, -0.2) is 39.0 Å². The molecule has 3 rings (SSSR count). The van der Waals surface area contributed by atoms with E-state index in [1.165, 1.54) is 0 Å². The molecule has 2 aromatic heterocycles. The van der Waals surface area contributed by atoms with Crippen molar-refractivity contribution in [2.75, 3.05) is 11.9 Å². The molecule has 0 saturated carbocycles. The van der Waals surface area contributed by atoms with Gasteiger partial charge in [0.1, 0.15) is 0 Å². The first-order valence-corrected chi connectivity index (χ1v) is 11.4. The summed E-state index contributed by atoms with van der Waals surface area (Å²) in [6.07, 6.45) is 1.61. The van der Waals surface area contributed by atoms with Crippen LogP contribution in [0.5, 0.6) is 0 Å². The summed E-state index contributed by atoms with van der Waals surface area (Å²) in [4.78, 5) is 42.3. The number of aromatic nitrogens is 3. The van der Waals surface area contributed by atoms with Crippen molar-refractivity contribution < 1.29 is 19.1 Å². The van der Waals surface area contributed by atoms with Gasteiger partial charge in [-0.3, -0.25) is 9.59 Å². The Morgan fingerprint density at radius 3 is 2.26 bits per heavy atom. The van der Waals surface area contributed by atoms with E-state index in [0.717, 1.165) is 5.69 Å².